The molecule has 0 aliphatic carbocycles. The standard InChI is InChI=1S/C10H13ClN2O4/c1-10(17,9(15)16)5-12-8(14)7-3-6(11)4-13(7)2/h3-4,17H,5H2,1-2H3,(H,12,14)(H,15,16). The number of aliphatic hydroxyl groups is 1. The van der Waals surface area contributed by atoms with Crippen LogP contribution in [0.15, 0.2) is 12.3 Å². The van der Waals surface area contributed by atoms with Crippen LogP contribution in [0.25, 0.3) is 0 Å². The van der Waals surface area contributed by atoms with E-state index >= 15 is 0 Å². The summed E-state index contributed by atoms with van der Waals surface area (Å²) in [7, 11) is 1.64. The molecule has 1 heterocycles. The fourth-order valence-corrected chi connectivity index (χ4v) is 1.42. The first-order valence-electron chi connectivity index (χ1n) is 4.80. The second-order valence-electron chi connectivity index (χ2n) is 3.92. The molecule has 7 heteroatoms. The van der Waals surface area contributed by atoms with Gasteiger partial charge in [0.25, 0.3) is 5.91 Å². The van der Waals surface area contributed by atoms with Gasteiger partial charge in [-0.25, -0.2) is 4.79 Å². The lowest BCUT2D eigenvalue weighted by molar-refractivity contribution is -0.155. The SMILES string of the molecule is Cn1cc(Cl)cc1C(=O)NCC(C)(O)C(=O)O. The fraction of sp³-hybridized carbons (Fsp3) is 0.400. The molecule has 0 bridgehead atoms. The van der Waals surface area contributed by atoms with Crippen LogP contribution in [0.3, 0.4) is 0 Å². The maximum atomic E-state index is 11.7. The van der Waals surface area contributed by atoms with E-state index < -0.39 is 17.5 Å². The van der Waals surface area contributed by atoms with Crippen LogP contribution in [0.4, 0.5) is 0 Å². The molecule has 0 saturated heterocycles. The van der Waals surface area contributed by atoms with Crippen molar-refractivity contribution in [3.05, 3.63) is 23.0 Å². The minimum Gasteiger partial charge on any atom is -0.479 e. The highest BCUT2D eigenvalue weighted by Gasteiger charge is 2.30. The summed E-state index contributed by atoms with van der Waals surface area (Å²) in [5.41, 5.74) is -1.71. The minimum atomic E-state index is -2.00. The predicted molar refractivity (Wildman–Crippen MR) is 61.0 cm³/mol. The molecule has 1 aromatic rings. The van der Waals surface area contributed by atoms with Gasteiger partial charge in [-0.1, -0.05) is 11.6 Å². The maximum absolute atomic E-state index is 11.7. The Hall–Kier alpha value is -1.53. The largest absolute Gasteiger partial charge is 0.479 e. The minimum absolute atomic E-state index is 0.288. The first-order valence-corrected chi connectivity index (χ1v) is 5.17. The van der Waals surface area contributed by atoms with Crippen LogP contribution in [0.1, 0.15) is 17.4 Å². The van der Waals surface area contributed by atoms with Gasteiger partial charge in [-0.05, 0) is 13.0 Å². The van der Waals surface area contributed by atoms with Gasteiger partial charge in [0, 0.05) is 13.2 Å². The van der Waals surface area contributed by atoms with Crippen molar-refractivity contribution in [2.24, 2.45) is 7.05 Å². The number of carbonyl (C=O) groups excluding carboxylic acids is 1. The Bertz CT molecular complexity index is 453. The van der Waals surface area contributed by atoms with Crippen molar-refractivity contribution in [1.29, 1.82) is 0 Å². The molecule has 0 aliphatic rings. The highest BCUT2D eigenvalue weighted by molar-refractivity contribution is 6.31. The number of aryl methyl sites for hydroxylation is 1. The lowest BCUT2D eigenvalue weighted by Crippen LogP contribution is -2.46. The van der Waals surface area contributed by atoms with Gasteiger partial charge in [0.1, 0.15) is 5.69 Å². The van der Waals surface area contributed by atoms with Gasteiger partial charge < -0.3 is 20.1 Å². The number of amides is 1. The van der Waals surface area contributed by atoms with Crippen LogP contribution in [-0.2, 0) is 11.8 Å². The molecule has 6 nitrogen and oxygen atoms in total. The van der Waals surface area contributed by atoms with Crippen LogP contribution in [-0.4, -0.2) is 38.8 Å². The number of carboxylic acids is 1. The van der Waals surface area contributed by atoms with E-state index in [9.17, 15) is 14.7 Å². The topological polar surface area (TPSA) is 91.6 Å². The Kier molecular flexibility index (Phi) is 3.79. The number of carboxylic acid groups (broad SMARTS) is 1. The summed E-state index contributed by atoms with van der Waals surface area (Å²) in [5.74, 6) is -1.90. The predicted octanol–water partition coefficient (Wildman–Crippen LogP) is 0.244. The number of aromatic nitrogens is 1. The molecule has 0 fully saturated rings. The van der Waals surface area contributed by atoms with Crippen molar-refractivity contribution < 1.29 is 19.8 Å². The summed E-state index contributed by atoms with van der Waals surface area (Å²) < 4.78 is 1.51. The average molecular weight is 261 g/mol. The molecule has 0 radical (unpaired) electrons. The maximum Gasteiger partial charge on any atom is 0.337 e. The molecule has 3 N–H and O–H groups in total. The molecule has 1 unspecified atom stereocenters. The quantitative estimate of drug-likeness (QED) is 0.723. The second-order valence-corrected chi connectivity index (χ2v) is 4.35. The number of hydrogen-bond donors (Lipinski definition) is 3. The Morgan fingerprint density at radius 3 is 2.59 bits per heavy atom. The molecule has 0 aliphatic heterocycles. The molecule has 1 amide bonds. The van der Waals surface area contributed by atoms with Gasteiger partial charge >= 0.3 is 5.97 Å². The van der Waals surface area contributed by atoms with Crippen molar-refractivity contribution in [3.63, 3.8) is 0 Å². The third-order valence-electron chi connectivity index (χ3n) is 2.26. The second kappa shape index (κ2) is 4.77. The van der Waals surface area contributed by atoms with E-state index in [1.165, 1.54) is 10.6 Å². The van der Waals surface area contributed by atoms with Gasteiger partial charge in [-0.2, -0.15) is 0 Å². The molecule has 0 spiro atoms. The molecule has 1 atom stereocenters. The summed E-state index contributed by atoms with van der Waals surface area (Å²) >= 11 is 5.71. The molecule has 17 heavy (non-hydrogen) atoms. The van der Waals surface area contributed by atoms with E-state index in [1.807, 2.05) is 0 Å². The zero-order valence-corrected chi connectivity index (χ0v) is 10.2. The Morgan fingerprint density at radius 1 is 1.59 bits per heavy atom. The Morgan fingerprint density at radius 2 is 2.18 bits per heavy atom. The van der Waals surface area contributed by atoms with Crippen LogP contribution in [0.2, 0.25) is 5.02 Å². The van der Waals surface area contributed by atoms with Gasteiger partial charge in [-0.3, -0.25) is 4.79 Å². The monoisotopic (exact) mass is 260 g/mol. The van der Waals surface area contributed by atoms with Crippen molar-refractivity contribution in [2.75, 3.05) is 6.54 Å². The number of nitrogens with one attached hydrogen (secondary N) is 1. The van der Waals surface area contributed by atoms with Crippen LogP contribution in [0.5, 0.6) is 0 Å². The summed E-state index contributed by atoms with van der Waals surface area (Å²) in [5, 5.41) is 20.8. The van der Waals surface area contributed by atoms with Gasteiger partial charge in [0.15, 0.2) is 5.60 Å². The Balaban J connectivity index is 2.68. The van der Waals surface area contributed by atoms with Crippen LogP contribution in [0, 0.1) is 0 Å². The normalized spacial score (nSPS) is 14.1. The molecule has 1 rings (SSSR count). The van der Waals surface area contributed by atoms with E-state index in [0.717, 1.165) is 6.92 Å². The zero-order valence-electron chi connectivity index (χ0n) is 9.40. The van der Waals surface area contributed by atoms with E-state index in [4.69, 9.17) is 16.7 Å². The zero-order chi connectivity index (χ0) is 13.2. The van der Waals surface area contributed by atoms with Crippen LogP contribution < -0.4 is 5.32 Å². The van der Waals surface area contributed by atoms with E-state index in [1.54, 1.807) is 13.2 Å². The van der Waals surface area contributed by atoms with Crippen molar-refractivity contribution in [1.82, 2.24) is 9.88 Å². The smallest absolute Gasteiger partial charge is 0.337 e. The van der Waals surface area contributed by atoms with Crippen molar-refractivity contribution in [2.45, 2.75) is 12.5 Å². The van der Waals surface area contributed by atoms with Gasteiger partial charge in [0.2, 0.25) is 0 Å². The van der Waals surface area contributed by atoms with E-state index in [-0.39, 0.29) is 12.2 Å². The average Bonchev–Trinajstić information content (AvgIpc) is 2.54. The van der Waals surface area contributed by atoms with Crippen LogP contribution >= 0.6 is 11.6 Å². The fourth-order valence-electron chi connectivity index (χ4n) is 1.17. The lowest BCUT2D eigenvalue weighted by atomic mass is 10.1. The summed E-state index contributed by atoms with van der Waals surface area (Å²) in [6.07, 6.45) is 1.55. The number of rotatable bonds is 4. The third kappa shape index (κ3) is 3.21. The lowest BCUT2D eigenvalue weighted by Gasteiger charge is -2.18. The summed E-state index contributed by atoms with van der Waals surface area (Å²) in [6, 6.07) is 1.45. The van der Waals surface area contributed by atoms with Crippen molar-refractivity contribution in [3.8, 4) is 0 Å². The van der Waals surface area contributed by atoms with E-state index in [0.29, 0.717) is 5.02 Å². The third-order valence-corrected chi connectivity index (χ3v) is 2.46. The number of hydrogen-bond acceptors (Lipinski definition) is 3. The van der Waals surface area contributed by atoms with Gasteiger partial charge in [-0.15, -0.1) is 0 Å². The number of carbonyl (C=O) groups is 2. The highest BCUT2D eigenvalue weighted by atomic mass is 35.5. The number of halogens is 1. The van der Waals surface area contributed by atoms with Crippen molar-refractivity contribution >= 4 is 23.5 Å². The summed E-state index contributed by atoms with van der Waals surface area (Å²) in [6.45, 7) is 0.720. The Labute approximate surface area is 103 Å². The van der Waals surface area contributed by atoms with E-state index in [2.05, 4.69) is 5.32 Å². The molecule has 94 valence electrons. The number of nitrogens with zero attached hydrogens (tertiary/aromatic N) is 1. The highest BCUT2D eigenvalue weighted by Crippen LogP contribution is 2.12. The molecular weight excluding hydrogens is 248 g/mol. The molecular formula is C10H13ClN2O4. The molecule has 1 aromatic heterocycles. The molecule has 0 aromatic carbocycles. The first-order chi connectivity index (χ1) is 7.74. The van der Waals surface area contributed by atoms with Gasteiger partial charge in [0.05, 0.1) is 11.6 Å². The first kappa shape index (κ1) is 13.5. The molecule has 0 saturated carbocycles. The number of aliphatic carboxylic acids is 1. The summed E-state index contributed by atoms with van der Waals surface area (Å²) in [4.78, 5) is 22.3.